The molecule has 0 fully saturated rings. The molecule has 3 nitrogen and oxygen atoms in total. The normalized spacial score (nSPS) is 14.5. The molecule has 3 N–H and O–H groups in total. The molecule has 0 spiro atoms. The molecule has 0 saturated heterocycles. The third-order valence-corrected chi connectivity index (χ3v) is 2.97. The van der Waals surface area contributed by atoms with Crippen molar-refractivity contribution in [3.05, 3.63) is 22.4 Å². The Balaban J connectivity index is 2.86. The predicted molar refractivity (Wildman–Crippen MR) is 55.5 cm³/mol. The number of thiophene rings is 1. The lowest BCUT2D eigenvalue weighted by Crippen LogP contribution is -2.43. The minimum atomic E-state index is -0.296. The molecule has 0 aliphatic rings. The van der Waals surface area contributed by atoms with E-state index in [9.17, 15) is 0 Å². The van der Waals surface area contributed by atoms with Crippen molar-refractivity contribution in [3.63, 3.8) is 0 Å². The molecule has 1 atom stereocenters. The molecule has 1 aromatic heterocycles. The van der Waals surface area contributed by atoms with Crippen molar-refractivity contribution in [2.75, 3.05) is 7.11 Å². The Kier molecular flexibility index (Phi) is 3.44. The molecule has 4 heteroatoms. The van der Waals surface area contributed by atoms with E-state index in [1.165, 1.54) is 5.56 Å². The Bertz CT molecular complexity index is 246. The first-order valence-electron chi connectivity index (χ1n) is 4.15. The number of hydrazine groups is 1. The van der Waals surface area contributed by atoms with Crippen LogP contribution in [-0.2, 0) is 4.74 Å². The van der Waals surface area contributed by atoms with Crippen molar-refractivity contribution in [2.45, 2.75) is 25.5 Å². The number of nitrogens with two attached hydrogens (primary N) is 1. The van der Waals surface area contributed by atoms with Gasteiger partial charge in [-0.25, -0.2) is 0 Å². The molecule has 74 valence electrons. The highest BCUT2D eigenvalue weighted by Crippen LogP contribution is 2.28. The van der Waals surface area contributed by atoms with Crippen LogP contribution in [0.25, 0.3) is 0 Å². The van der Waals surface area contributed by atoms with Crippen LogP contribution in [0.15, 0.2) is 16.8 Å². The summed E-state index contributed by atoms with van der Waals surface area (Å²) in [6, 6.07) is 2.08. The van der Waals surface area contributed by atoms with E-state index in [-0.39, 0.29) is 11.6 Å². The van der Waals surface area contributed by atoms with Crippen molar-refractivity contribution in [3.8, 4) is 0 Å². The number of hydrogen-bond donors (Lipinski definition) is 2. The molecule has 0 amide bonds. The zero-order chi connectivity index (χ0) is 9.90. The van der Waals surface area contributed by atoms with Crippen molar-refractivity contribution in [1.29, 1.82) is 0 Å². The van der Waals surface area contributed by atoms with Crippen LogP contribution in [0.2, 0.25) is 0 Å². The lowest BCUT2D eigenvalue weighted by Gasteiger charge is -2.32. The van der Waals surface area contributed by atoms with Crippen molar-refractivity contribution >= 4 is 11.3 Å². The van der Waals surface area contributed by atoms with Crippen LogP contribution in [0.1, 0.15) is 25.5 Å². The van der Waals surface area contributed by atoms with Gasteiger partial charge in [-0.15, -0.1) is 0 Å². The topological polar surface area (TPSA) is 47.3 Å². The van der Waals surface area contributed by atoms with Gasteiger partial charge in [0, 0.05) is 7.11 Å². The Labute approximate surface area is 82.9 Å². The van der Waals surface area contributed by atoms with E-state index in [4.69, 9.17) is 10.6 Å². The first-order valence-corrected chi connectivity index (χ1v) is 5.09. The van der Waals surface area contributed by atoms with Gasteiger partial charge in [0.1, 0.15) is 0 Å². The quantitative estimate of drug-likeness (QED) is 0.574. The summed E-state index contributed by atoms with van der Waals surface area (Å²) >= 11 is 1.66. The summed E-state index contributed by atoms with van der Waals surface area (Å²) in [5, 5.41) is 4.11. The zero-order valence-corrected chi connectivity index (χ0v) is 9.02. The van der Waals surface area contributed by atoms with Crippen LogP contribution in [0.3, 0.4) is 0 Å². The molecular weight excluding hydrogens is 184 g/mol. The molecule has 1 rings (SSSR count). The van der Waals surface area contributed by atoms with Crippen molar-refractivity contribution in [2.24, 2.45) is 5.84 Å². The molecule has 1 aromatic rings. The summed E-state index contributed by atoms with van der Waals surface area (Å²) in [5.41, 5.74) is 3.65. The average molecular weight is 200 g/mol. The fourth-order valence-electron chi connectivity index (χ4n) is 1.26. The maximum Gasteiger partial charge on any atom is 0.0829 e. The fraction of sp³-hybridized carbons (Fsp3) is 0.556. The molecule has 0 bridgehead atoms. The zero-order valence-electron chi connectivity index (χ0n) is 8.20. The second kappa shape index (κ2) is 4.19. The highest BCUT2D eigenvalue weighted by molar-refractivity contribution is 7.07. The van der Waals surface area contributed by atoms with Crippen LogP contribution in [0, 0.1) is 0 Å². The van der Waals surface area contributed by atoms with Gasteiger partial charge in [0.25, 0.3) is 0 Å². The molecule has 0 aromatic carbocycles. The third kappa shape index (κ3) is 2.28. The van der Waals surface area contributed by atoms with Gasteiger partial charge in [-0.3, -0.25) is 11.3 Å². The first kappa shape index (κ1) is 10.7. The number of methoxy groups -OCH3 is 1. The molecule has 0 radical (unpaired) electrons. The van der Waals surface area contributed by atoms with Crippen molar-refractivity contribution < 1.29 is 4.74 Å². The van der Waals surface area contributed by atoms with Crippen LogP contribution in [-0.4, -0.2) is 12.7 Å². The second-order valence-corrected chi connectivity index (χ2v) is 4.24. The van der Waals surface area contributed by atoms with Crippen LogP contribution < -0.4 is 11.3 Å². The Morgan fingerprint density at radius 1 is 1.62 bits per heavy atom. The highest BCUT2D eigenvalue weighted by Gasteiger charge is 2.29. The van der Waals surface area contributed by atoms with Gasteiger partial charge in [0.15, 0.2) is 0 Å². The van der Waals surface area contributed by atoms with Gasteiger partial charge < -0.3 is 4.74 Å². The van der Waals surface area contributed by atoms with E-state index in [1.807, 2.05) is 19.2 Å². The van der Waals surface area contributed by atoms with Gasteiger partial charge in [0.05, 0.1) is 11.6 Å². The molecule has 1 unspecified atom stereocenters. The van der Waals surface area contributed by atoms with Gasteiger partial charge in [0.2, 0.25) is 0 Å². The van der Waals surface area contributed by atoms with E-state index in [0.717, 1.165) is 0 Å². The highest BCUT2D eigenvalue weighted by atomic mass is 32.1. The smallest absolute Gasteiger partial charge is 0.0829 e. The van der Waals surface area contributed by atoms with Gasteiger partial charge in [-0.2, -0.15) is 11.3 Å². The number of rotatable bonds is 4. The maximum atomic E-state index is 5.50. The summed E-state index contributed by atoms with van der Waals surface area (Å²) < 4.78 is 5.38. The summed E-state index contributed by atoms with van der Waals surface area (Å²) in [7, 11) is 1.69. The standard InChI is InChI=1S/C9H16N2OS/c1-9(2,12-3)8(11-10)7-4-5-13-6-7/h4-6,8,11H,10H2,1-3H3. The fourth-order valence-corrected chi connectivity index (χ4v) is 1.94. The summed E-state index contributed by atoms with van der Waals surface area (Å²) in [5.74, 6) is 5.50. The molecule has 13 heavy (non-hydrogen) atoms. The average Bonchev–Trinajstić information content (AvgIpc) is 2.58. The molecule has 0 aliphatic carbocycles. The number of hydrogen-bond acceptors (Lipinski definition) is 4. The lowest BCUT2D eigenvalue weighted by atomic mass is 9.94. The Morgan fingerprint density at radius 2 is 2.31 bits per heavy atom. The van der Waals surface area contributed by atoms with Gasteiger partial charge in [-0.05, 0) is 36.2 Å². The minimum absolute atomic E-state index is 0.0312. The molecule has 1 heterocycles. The predicted octanol–water partition coefficient (Wildman–Crippen LogP) is 1.68. The first-order chi connectivity index (χ1) is 6.11. The summed E-state index contributed by atoms with van der Waals surface area (Å²) in [4.78, 5) is 0. The van der Waals surface area contributed by atoms with Crippen LogP contribution >= 0.6 is 11.3 Å². The Hall–Kier alpha value is -0.420. The van der Waals surface area contributed by atoms with Crippen LogP contribution in [0.5, 0.6) is 0 Å². The third-order valence-electron chi connectivity index (χ3n) is 2.26. The van der Waals surface area contributed by atoms with E-state index in [2.05, 4.69) is 16.9 Å². The molecule has 0 aliphatic heterocycles. The summed E-state index contributed by atoms with van der Waals surface area (Å²) in [6.45, 7) is 4.02. The summed E-state index contributed by atoms with van der Waals surface area (Å²) in [6.07, 6.45) is 0. The Morgan fingerprint density at radius 3 is 2.69 bits per heavy atom. The minimum Gasteiger partial charge on any atom is -0.377 e. The SMILES string of the molecule is COC(C)(C)C(NN)c1ccsc1. The monoisotopic (exact) mass is 200 g/mol. The second-order valence-electron chi connectivity index (χ2n) is 3.46. The van der Waals surface area contributed by atoms with E-state index in [0.29, 0.717) is 0 Å². The maximum absolute atomic E-state index is 5.50. The van der Waals surface area contributed by atoms with E-state index >= 15 is 0 Å². The number of ether oxygens (including phenoxy) is 1. The number of nitrogens with one attached hydrogen (secondary N) is 1. The van der Waals surface area contributed by atoms with Gasteiger partial charge >= 0.3 is 0 Å². The molecular formula is C9H16N2OS. The largest absolute Gasteiger partial charge is 0.377 e. The van der Waals surface area contributed by atoms with Crippen molar-refractivity contribution in [1.82, 2.24) is 5.43 Å². The van der Waals surface area contributed by atoms with E-state index in [1.54, 1.807) is 18.4 Å². The lowest BCUT2D eigenvalue weighted by molar-refractivity contribution is -0.0110. The molecule has 0 saturated carbocycles. The van der Waals surface area contributed by atoms with Crippen LogP contribution in [0.4, 0.5) is 0 Å². The van der Waals surface area contributed by atoms with E-state index < -0.39 is 0 Å². The van der Waals surface area contributed by atoms with Gasteiger partial charge in [-0.1, -0.05) is 0 Å².